The fourth-order valence-electron chi connectivity index (χ4n) is 4.73. The highest BCUT2D eigenvalue weighted by atomic mass is 16.7. The summed E-state index contributed by atoms with van der Waals surface area (Å²) in [6.07, 6.45) is -4.37. The van der Waals surface area contributed by atoms with Crippen molar-refractivity contribution < 1.29 is 39.5 Å². The minimum absolute atomic E-state index is 0.0186. The number of nitrogens with zero attached hydrogens (tertiary/aromatic N) is 3. The molecule has 0 spiro atoms. The van der Waals surface area contributed by atoms with Crippen molar-refractivity contribution in [2.45, 2.75) is 44.6 Å². The largest absolute Gasteiger partial charge is 0.504 e. The van der Waals surface area contributed by atoms with E-state index in [2.05, 4.69) is 5.32 Å². The number of hydrogen-bond donors (Lipinski definition) is 5. The molecule has 3 fully saturated rings. The van der Waals surface area contributed by atoms with E-state index in [9.17, 15) is 30.0 Å². The van der Waals surface area contributed by atoms with Gasteiger partial charge in [-0.25, -0.2) is 4.79 Å². The van der Waals surface area contributed by atoms with E-state index in [1.165, 1.54) is 19.1 Å². The molecule has 12 nitrogen and oxygen atoms in total. The van der Waals surface area contributed by atoms with Crippen LogP contribution in [-0.2, 0) is 9.53 Å². The molecular formula is C25H36N4O8. The number of phenolic OH excluding ortho intramolecular Hbond substituents is 1. The van der Waals surface area contributed by atoms with Crippen LogP contribution in [0.4, 0.5) is 4.79 Å². The number of phenols is 1. The number of aliphatic hydroxyl groups is 3. The highest BCUT2D eigenvalue weighted by Gasteiger charge is 2.46. The lowest BCUT2D eigenvalue weighted by molar-refractivity contribution is -0.129. The predicted molar refractivity (Wildman–Crippen MR) is 133 cm³/mol. The minimum atomic E-state index is -1.40. The number of piperazine rings is 2. The van der Waals surface area contributed by atoms with E-state index in [4.69, 9.17) is 9.47 Å². The summed E-state index contributed by atoms with van der Waals surface area (Å²) in [5.41, 5.74) is 1.05. The number of carbonyl (C=O) groups excluding carboxylic acids is 2. The van der Waals surface area contributed by atoms with Gasteiger partial charge in [0.25, 0.3) is 0 Å². The van der Waals surface area contributed by atoms with Gasteiger partial charge in [0, 0.05) is 57.9 Å². The summed E-state index contributed by atoms with van der Waals surface area (Å²) >= 11 is 0. The fraction of sp³-hybridized carbons (Fsp3) is 0.600. The molecule has 5 N–H and O–H groups in total. The first-order chi connectivity index (χ1) is 17.7. The molecule has 5 atom stereocenters. The molecule has 204 valence electrons. The summed E-state index contributed by atoms with van der Waals surface area (Å²) in [4.78, 5) is 31.0. The number of amides is 3. The van der Waals surface area contributed by atoms with Crippen LogP contribution in [0.25, 0.3) is 6.08 Å². The van der Waals surface area contributed by atoms with Crippen LogP contribution in [0.2, 0.25) is 0 Å². The van der Waals surface area contributed by atoms with Gasteiger partial charge < -0.3 is 49.9 Å². The van der Waals surface area contributed by atoms with Crippen molar-refractivity contribution in [2.24, 2.45) is 0 Å². The lowest BCUT2D eigenvalue weighted by Crippen LogP contribution is -2.57. The Kier molecular flexibility index (Phi) is 8.55. The monoisotopic (exact) mass is 520 g/mol. The molecule has 0 aliphatic carbocycles. The van der Waals surface area contributed by atoms with Crippen LogP contribution in [0.3, 0.4) is 0 Å². The quantitative estimate of drug-likeness (QED) is 0.313. The summed E-state index contributed by atoms with van der Waals surface area (Å²) in [5, 5.41) is 43.5. The Morgan fingerprint density at radius 3 is 2.27 bits per heavy atom. The van der Waals surface area contributed by atoms with E-state index in [-0.39, 0.29) is 23.4 Å². The summed E-state index contributed by atoms with van der Waals surface area (Å²) in [6, 6.07) is 4.54. The first-order valence-corrected chi connectivity index (χ1v) is 12.6. The number of urea groups is 1. The minimum Gasteiger partial charge on any atom is -0.504 e. The number of rotatable bonds is 5. The Balaban J connectivity index is 1.32. The maximum absolute atomic E-state index is 13.0. The van der Waals surface area contributed by atoms with Gasteiger partial charge in [-0.3, -0.25) is 4.79 Å². The molecule has 3 aliphatic heterocycles. The van der Waals surface area contributed by atoms with E-state index in [0.717, 1.165) is 13.1 Å². The van der Waals surface area contributed by atoms with Gasteiger partial charge in [-0.2, -0.15) is 0 Å². The number of ether oxygens (including phenoxy) is 2. The second kappa shape index (κ2) is 11.7. The topological polar surface area (TPSA) is 155 Å². The van der Waals surface area contributed by atoms with E-state index in [0.29, 0.717) is 50.4 Å². The molecule has 4 rings (SSSR count). The Morgan fingerprint density at radius 1 is 1.05 bits per heavy atom. The molecule has 3 heterocycles. The SMILES string of the molecule is C/C(=C\c1ccc(O[C@@H]2O[C@H]([C@H](C)O)[C@@H](O)[C@@H]2O)c(O)c1)C(=O)N1CCN(C(=O)N2CCNCC2)CC1. The number of carbonyl (C=O) groups is 2. The smallest absolute Gasteiger partial charge is 0.320 e. The Labute approximate surface area is 215 Å². The molecule has 1 aromatic carbocycles. The van der Waals surface area contributed by atoms with Crippen molar-refractivity contribution in [3.05, 3.63) is 29.3 Å². The molecule has 0 radical (unpaired) electrons. The zero-order valence-corrected chi connectivity index (χ0v) is 21.1. The first-order valence-electron chi connectivity index (χ1n) is 12.6. The number of aliphatic hydroxyl groups excluding tert-OH is 3. The van der Waals surface area contributed by atoms with Crippen LogP contribution in [0, 0.1) is 0 Å². The molecule has 0 saturated carbocycles. The number of benzene rings is 1. The number of aromatic hydroxyl groups is 1. The normalized spacial score (nSPS) is 27.8. The van der Waals surface area contributed by atoms with Crippen LogP contribution >= 0.6 is 0 Å². The molecule has 37 heavy (non-hydrogen) atoms. The van der Waals surface area contributed by atoms with Gasteiger partial charge in [0.1, 0.15) is 18.3 Å². The van der Waals surface area contributed by atoms with Crippen molar-refractivity contribution in [2.75, 3.05) is 52.4 Å². The van der Waals surface area contributed by atoms with Crippen LogP contribution in [0.15, 0.2) is 23.8 Å². The van der Waals surface area contributed by atoms with Crippen LogP contribution in [0.1, 0.15) is 19.4 Å². The van der Waals surface area contributed by atoms with E-state index >= 15 is 0 Å². The van der Waals surface area contributed by atoms with Crippen molar-refractivity contribution >= 4 is 18.0 Å². The van der Waals surface area contributed by atoms with Gasteiger partial charge >= 0.3 is 6.03 Å². The summed E-state index contributed by atoms with van der Waals surface area (Å²) in [6.45, 7) is 7.94. The molecule has 3 aliphatic rings. The zero-order chi connectivity index (χ0) is 26.7. The third-order valence-electron chi connectivity index (χ3n) is 6.90. The summed E-state index contributed by atoms with van der Waals surface area (Å²) in [7, 11) is 0. The maximum Gasteiger partial charge on any atom is 0.320 e. The van der Waals surface area contributed by atoms with Gasteiger partial charge in [-0.1, -0.05) is 6.07 Å². The highest BCUT2D eigenvalue weighted by Crippen LogP contribution is 2.32. The van der Waals surface area contributed by atoms with Crippen LogP contribution < -0.4 is 10.1 Å². The first kappa shape index (κ1) is 27.1. The molecule has 0 aromatic heterocycles. The average Bonchev–Trinajstić information content (AvgIpc) is 3.18. The Hall–Kier alpha value is -2.90. The standard InChI is InChI=1S/C25H36N4O8/c1-15(23(34)27-9-11-29(12-10-27)25(35)28-7-5-26-6-8-28)13-17-3-4-19(18(31)14-17)36-24-21(33)20(32)22(37-24)16(2)30/h3-4,13-14,16,20-22,24,26,30-33H,5-12H2,1-2H3/b15-13+/t16-,20-,21-,22+,24+/m0/s1. The Bertz CT molecular complexity index is 1000. The number of nitrogens with one attached hydrogen (secondary N) is 1. The molecule has 0 bridgehead atoms. The van der Waals surface area contributed by atoms with Gasteiger partial charge in [0.15, 0.2) is 11.5 Å². The van der Waals surface area contributed by atoms with Crippen molar-refractivity contribution in [3.63, 3.8) is 0 Å². The van der Waals surface area contributed by atoms with E-state index in [1.54, 1.807) is 28.9 Å². The fourth-order valence-corrected chi connectivity index (χ4v) is 4.73. The van der Waals surface area contributed by atoms with Gasteiger partial charge in [0.2, 0.25) is 12.2 Å². The lowest BCUT2D eigenvalue weighted by Gasteiger charge is -2.38. The highest BCUT2D eigenvalue weighted by molar-refractivity contribution is 5.97. The second-order valence-corrected chi connectivity index (χ2v) is 9.66. The average molecular weight is 521 g/mol. The van der Waals surface area contributed by atoms with Crippen LogP contribution in [0.5, 0.6) is 11.5 Å². The maximum atomic E-state index is 13.0. The lowest BCUT2D eigenvalue weighted by atomic mass is 10.1. The summed E-state index contributed by atoms with van der Waals surface area (Å²) < 4.78 is 10.9. The van der Waals surface area contributed by atoms with E-state index in [1.807, 2.05) is 4.90 Å². The van der Waals surface area contributed by atoms with Gasteiger partial charge in [-0.15, -0.1) is 0 Å². The number of hydrogen-bond acceptors (Lipinski definition) is 9. The Morgan fingerprint density at radius 2 is 1.68 bits per heavy atom. The van der Waals surface area contributed by atoms with Gasteiger partial charge in [0.05, 0.1) is 6.10 Å². The van der Waals surface area contributed by atoms with E-state index < -0.39 is 30.7 Å². The molecule has 12 heteroatoms. The third kappa shape index (κ3) is 6.16. The molecule has 0 unspecified atom stereocenters. The third-order valence-corrected chi connectivity index (χ3v) is 6.90. The molecule has 3 amide bonds. The van der Waals surface area contributed by atoms with Crippen molar-refractivity contribution in [3.8, 4) is 11.5 Å². The zero-order valence-electron chi connectivity index (χ0n) is 21.1. The predicted octanol–water partition coefficient (Wildman–Crippen LogP) is -0.829. The second-order valence-electron chi connectivity index (χ2n) is 9.66. The van der Waals surface area contributed by atoms with Crippen LogP contribution in [-0.4, -0.2) is 130 Å². The van der Waals surface area contributed by atoms with Crippen molar-refractivity contribution in [1.29, 1.82) is 0 Å². The molecule has 3 saturated heterocycles. The molecule has 1 aromatic rings. The molecular weight excluding hydrogens is 484 g/mol. The summed E-state index contributed by atoms with van der Waals surface area (Å²) in [5.74, 6) is -0.358. The van der Waals surface area contributed by atoms with Gasteiger partial charge in [-0.05, 0) is 37.6 Å². The van der Waals surface area contributed by atoms with Crippen molar-refractivity contribution in [1.82, 2.24) is 20.0 Å².